The highest BCUT2D eigenvalue weighted by Crippen LogP contribution is 2.31. The molecule has 0 spiro atoms. The topological polar surface area (TPSA) is 95.0 Å². The van der Waals surface area contributed by atoms with Crippen molar-refractivity contribution in [2.45, 2.75) is 52.0 Å². The number of carbonyl (C=O) groups excluding carboxylic acids is 1. The number of nitrogens with zero attached hydrogens (tertiary/aromatic N) is 1. The van der Waals surface area contributed by atoms with Gasteiger partial charge in [0.05, 0.1) is 13.2 Å². The lowest BCUT2D eigenvalue weighted by atomic mass is 9.84. The van der Waals surface area contributed by atoms with Gasteiger partial charge in [0.1, 0.15) is 0 Å². The van der Waals surface area contributed by atoms with Crippen LogP contribution in [0.15, 0.2) is 29.3 Å². The maximum absolute atomic E-state index is 12.4. The standard InChI is InChI=1S/C23H36N4O3/c1-2-24-22(26-16-23(10-12-28)11-13-30-17-23)25-15-18-6-5-9-20(14-18)27-21(29)19-7-3-4-8-19/h5-6,9,14,19,28H,2-4,7-8,10-13,15-17H2,1H3,(H,27,29)(H2,24,25,26). The minimum absolute atomic E-state index is 0.0324. The van der Waals surface area contributed by atoms with Gasteiger partial charge in [0, 0.05) is 43.3 Å². The summed E-state index contributed by atoms with van der Waals surface area (Å²) in [5.74, 6) is 1.04. The number of anilines is 1. The number of benzene rings is 1. The van der Waals surface area contributed by atoms with Gasteiger partial charge in [-0.3, -0.25) is 4.79 Å². The molecule has 4 N–H and O–H groups in total. The zero-order valence-corrected chi connectivity index (χ0v) is 18.1. The summed E-state index contributed by atoms with van der Waals surface area (Å²) in [6.45, 7) is 5.63. The highest BCUT2D eigenvalue weighted by atomic mass is 16.5. The first-order chi connectivity index (χ1) is 14.6. The fourth-order valence-electron chi connectivity index (χ4n) is 4.27. The van der Waals surface area contributed by atoms with Crippen molar-refractivity contribution in [1.82, 2.24) is 10.6 Å². The van der Waals surface area contributed by atoms with Crippen molar-refractivity contribution in [1.29, 1.82) is 0 Å². The normalized spacial score (nSPS) is 22.3. The molecule has 166 valence electrons. The van der Waals surface area contributed by atoms with Gasteiger partial charge in [-0.15, -0.1) is 0 Å². The molecule has 1 saturated carbocycles. The maximum atomic E-state index is 12.4. The van der Waals surface area contributed by atoms with Gasteiger partial charge in [0.15, 0.2) is 5.96 Å². The SMILES string of the molecule is CCNC(=NCc1cccc(NC(=O)C2CCCC2)c1)NCC1(CCO)CCOC1. The number of carbonyl (C=O) groups is 1. The van der Waals surface area contributed by atoms with Gasteiger partial charge >= 0.3 is 0 Å². The second-order valence-corrected chi connectivity index (χ2v) is 8.50. The number of aliphatic hydroxyl groups excluding tert-OH is 1. The summed E-state index contributed by atoms with van der Waals surface area (Å²) < 4.78 is 5.57. The van der Waals surface area contributed by atoms with E-state index in [0.717, 1.165) is 75.4 Å². The summed E-state index contributed by atoms with van der Waals surface area (Å²) in [5, 5.41) is 19.2. The first-order valence-corrected chi connectivity index (χ1v) is 11.2. The van der Waals surface area contributed by atoms with Gasteiger partial charge in [-0.25, -0.2) is 4.99 Å². The van der Waals surface area contributed by atoms with Crippen LogP contribution >= 0.6 is 0 Å². The van der Waals surface area contributed by atoms with Crippen molar-refractivity contribution in [2.24, 2.45) is 16.3 Å². The molecule has 1 aliphatic heterocycles. The van der Waals surface area contributed by atoms with Crippen molar-refractivity contribution >= 4 is 17.6 Å². The molecule has 1 atom stereocenters. The van der Waals surface area contributed by atoms with Gasteiger partial charge in [-0.2, -0.15) is 0 Å². The highest BCUT2D eigenvalue weighted by molar-refractivity contribution is 5.92. The molecular weight excluding hydrogens is 380 g/mol. The van der Waals surface area contributed by atoms with Crippen LogP contribution in [-0.4, -0.2) is 49.9 Å². The van der Waals surface area contributed by atoms with Crippen LogP contribution in [0.5, 0.6) is 0 Å². The molecule has 3 rings (SSSR count). The largest absolute Gasteiger partial charge is 0.396 e. The van der Waals surface area contributed by atoms with Crippen LogP contribution in [0.25, 0.3) is 0 Å². The number of hydrogen-bond donors (Lipinski definition) is 4. The van der Waals surface area contributed by atoms with E-state index in [1.807, 2.05) is 31.2 Å². The Balaban J connectivity index is 1.57. The molecule has 2 fully saturated rings. The molecule has 1 amide bonds. The van der Waals surface area contributed by atoms with Gasteiger partial charge in [-0.1, -0.05) is 25.0 Å². The van der Waals surface area contributed by atoms with E-state index in [9.17, 15) is 9.90 Å². The van der Waals surface area contributed by atoms with E-state index in [2.05, 4.69) is 16.0 Å². The Morgan fingerprint density at radius 1 is 1.30 bits per heavy atom. The van der Waals surface area contributed by atoms with Crippen LogP contribution in [0.4, 0.5) is 5.69 Å². The van der Waals surface area contributed by atoms with Gasteiger partial charge in [-0.05, 0) is 50.3 Å². The molecule has 1 heterocycles. The molecule has 7 nitrogen and oxygen atoms in total. The van der Waals surface area contributed by atoms with Crippen molar-refractivity contribution in [3.63, 3.8) is 0 Å². The zero-order valence-electron chi connectivity index (χ0n) is 18.1. The Morgan fingerprint density at radius 3 is 2.83 bits per heavy atom. The highest BCUT2D eigenvalue weighted by Gasteiger charge is 2.34. The number of ether oxygens (including phenoxy) is 1. The number of aliphatic imine (C=N–C) groups is 1. The van der Waals surface area contributed by atoms with Crippen LogP contribution in [0.2, 0.25) is 0 Å². The summed E-state index contributed by atoms with van der Waals surface area (Å²) in [5.41, 5.74) is 1.85. The first kappa shape index (κ1) is 22.6. The van der Waals surface area contributed by atoms with Crippen molar-refractivity contribution in [3.05, 3.63) is 29.8 Å². The Labute approximate surface area is 179 Å². The minimum Gasteiger partial charge on any atom is -0.396 e. The third-order valence-electron chi connectivity index (χ3n) is 6.14. The number of aliphatic hydroxyl groups is 1. The summed E-state index contributed by atoms with van der Waals surface area (Å²) in [6.07, 6.45) is 5.97. The summed E-state index contributed by atoms with van der Waals surface area (Å²) in [7, 11) is 0. The molecule has 1 aromatic rings. The Bertz CT molecular complexity index is 710. The number of hydrogen-bond acceptors (Lipinski definition) is 4. The predicted octanol–water partition coefficient (Wildman–Crippen LogP) is 2.66. The molecule has 0 aromatic heterocycles. The second-order valence-electron chi connectivity index (χ2n) is 8.50. The quantitative estimate of drug-likeness (QED) is 0.367. The molecule has 7 heteroatoms. The van der Waals surface area contributed by atoms with E-state index in [-0.39, 0.29) is 23.8 Å². The smallest absolute Gasteiger partial charge is 0.227 e. The summed E-state index contributed by atoms with van der Waals surface area (Å²) in [4.78, 5) is 17.1. The second kappa shape index (κ2) is 11.3. The molecule has 0 bridgehead atoms. The van der Waals surface area contributed by atoms with Gasteiger partial charge < -0.3 is 25.8 Å². The zero-order chi connectivity index (χ0) is 21.2. The summed E-state index contributed by atoms with van der Waals surface area (Å²) >= 11 is 0. The van der Waals surface area contributed by atoms with Crippen LogP contribution in [0, 0.1) is 11.3 Å². The first-order valence-electron chi connectivity index (χ1n) is 11.2. The average Bonchev–Trinajstić information content (AvgIpc) is 3.44. The monoisotopic (exact) mass is 416 g/mol. The average molecular weight is 417 g/mol. The molecule has 1 unspecified atom stereocenters. The lowest BCUT2D eigenvalue weighted by Crippen LogP contribution is -2.44. The van der Waals surface area contributed by atoms with Crippen LogP contribution in [-0.2, 0) is 16.1 Å². The number of nitrogens with one attached hydrogen (secondary N) is 3. The molecule has 1 aromatic carbocycles. The number of amides is 1. The lowest BCUT2D eigenvalue weighted by Gasteiger charge is -2.27. The van der Waals surface area contributed by atoms with E-state index >= 15 is 0 Å². The number of guanidine groups is 1. The third kappa shape index (κ3) is 6.44. The van der Waals surface area contributed by atoms with Crippen LogP contribution < -0.4 is 16.0 Å². The Hall–Kier alpha value is -2.12. The number of rotatable bonds is 9. The van der Waals surface area contributed by atoms with Crippen LogP contribution in [0.3, 0.4) is 0 Å². The van der Waals surface area contributed by atoms with E-state index in [1.165, 1.54) is 0 Å². The van der Waals surface area contributed by atoms with E-state index in [1.54, 1.807) is 0 Å². The maximum Gasteiger partial charge on any atom is 0.227 e. The fourth-order valence-corrected chi connectivity index (χ4v) is 4.27. The van der Waals surface area contributed by atoms with E-state index in [4.69, 9.17) is 9.73 Å². The Morgan fingerprint density at radius 2 is 2.13 bits per heavy atom. The molecule has 1 saturated heterocycles. The minimum atomic E-state index is -0.0324. The van der Waals surface area contributed by atoms with Crippen molar-refractivity contribution < 1.29 is 14.6 Å². The lowest BCUT2D eigenvalue weighted by molar-refractivity contribution is -0.119. The summed E-state index contributed by atoms with van der Waals surface area (Å²) in [6, 6.07) is 7.91. The van der Waals surface area contributed by atoms with Crippen molar-refractivity contribution in [2.75, 3.05) is 38.2 Å². The third-order valence-corrected chi connectivity index (χ3v) is 6.14. The predicted molar refractivity (Wildman–Crippen MR) is 119 cm³/mol. The molecule has 1 aliphatic carbocycles. The molecule has 30 heavy (non-hydrogen) atoms. The van der Waals surface area contributed by atoms with Crippen LogP contribution in [0.1, 0.15) is 51.0 Å². The Kier molecular flexibility index (Phi) is 8.51. The van der Waals surface area contributed by atoms with Gasteiger partial charge in [0.25, 0.3) is 0 Å². The van der Waals surface area contributed by atoms with Crippen molar-refractivity contribution in [3.8, 4) is 0 Å². The molecule has 2 aliphatic rings. The fraction of sp³-hybridized carbons (Fsp3) is 0.652. The molecule has 0 radical (unpaired) electrons. The van der Waals surface area contributed by atoms with Gasteiger partial charge in [0.2, 0.25) is 5.91 Å². The molecular formula is C23H36N4O3. The van der Waals surface area contributed by atoms with E-state index in [0.29, 0.717) is 13.2 Å². The van der Waals surface area contributed by atoms with E-state index < -0.39 is 0 Å².